The van der Waals surface area contributed by atoms with E-state index in [0.29, 0.717) is 35.9 Å². The van der Waals surface area contributed by atoms with Crippen LogP contribution in [0, 0.1) is 0 Å². The number of aromatic hydroxyl groups is 1. The molecule has 1 heterocycles. The first-order valence-electron chi connectivity index (χ1n) is 8.00. The number of phenolic OH excluding ortho intramolecular Hbond substituents is 1. The third kappa shape index (κ3) is 4.64. The number of benzene rings is 2. The first-order chi connectivity index (χ1) is 12.1. The number of amides is 1. The topological polar surface area (TPSA) is 62.5 Å². The highest BCUT2D eigenvalue weighted by molar-refractivity contribution is 6.33. The van der Waals surface area contributed by atoms with Gasteiger partial charge in [0.15, 0.2) is 0 Å². The minimum absolute atomic E-state index is 0.0703. The van der Waals surface area contributed by atoms with Crippen LogP contribution in [-0.4, -0.2) is 11.0 Å². The van der Waals surface area contributed by atoms with Gasteiger partial charge >= 0.3 is 0 Å². The van der Waals surface area contributed by atoms with Gasteiger partial charge in [0.05, 0.1) is 11.6 Å². The minimum Gasteiger partial charge on any atom is -0.508 e. The third-order valence-corrected chi connectivity index (χ3v) is 4.14. The van der Waals surface area contributed by atoms with Gasteiger partial charge in [0.2, 0.25) is 5.91 Å². The number of furan rings is 1. The Hall–Kier alpha value is -2.72. The molecule has 0 aliphatic rings. The molecule has 25 heavy (non-hydrogen) atoms. The van der Waals surface area contributed by atoms with Crippen LogP contribution in [0.5, 0.6) is 5.75 Å². The maximum Gasteiger partial charge on any atom is 0.220 e. The molecular weight excluding hydrogens is 338 g/mol. The number of nitrogens with one attached hydrogen (secondary N) is 1. The van der Waals surface area contributed by atoms with E-state index < -0.39 is 0 Å². The molecule has 1 amide bonds. The molecule has 0 saturated carbocycles. The molecule has 3 aromatic rings. The highest BCUT2D eigenvalue weighted by Crippen LogP contribution is 2.28. The van der Waals surface area contributed by atoms with Gasteiger partial charge in [0, 0.05) is 12.0 Å². The maximum atomic E-state index is 12.0. The predicted molar refractivity (Wildman–Crippen MR) is 97.4 cm³/mol. The lowest BCUT2D eigenvalue weighted by Gasteiger charge is -2.04. The van der Waals surface area contributed by atoms with E-state index in [1.165, 1.54) is 0 Å². The SMILES string of the molecule is O=C(CCc1cccc(O)c1)NCc1ccc(-c2ccccc2Cl)o1. The zero-order chi connectivity index (χ0) is 17.6. The second-order valence-corrected chi connectivity index (χ2v) is 6.10. The molecule has 0 aliphatic heterocycles. The maximum absolute atomic E-state index is 12.0. The average Bonchev–Trinajstić information content (AvgIpc) is 3.07. The molecule has 128 valence electrons. The molecule has 0 radical (unpaired) electrons. The number of hydrogen-bond acceptors (Lipinski definition) is 3. The molecule has 0 saturated heterocycles. The molecular formula is C20H18ClNO3. The summed E-state index contributed by atoms with van der Waals surface area (Å²) in [5.74, 6) is 1.48. The van der Waals surface area contributed by atoms with Crippen molar-refractivity contribution in [2.75, 3.05) is 0 Å². The summed E-state index contributed by atoms with van der Waals surface area (Å²) < 4.78 is 5.75. The molecule has 5 heteroatoms. The van der Waals surface area contributed by atoms with Gasteiger partial charge in [-0.15, -0.1) is 0 Å². The summed E-state index contributed by atoms with van der Waals surface area (Å²) >= 11 is 6.16. The standard InChI is InChI=1S/C20H18ClNO3/c21-18-7-2-1-6-17(18)19-10-9-16(25-19)13-22-20(24)11-8-14-4-3-5-15(23)12-14/h1-7,9-10,12,23H,8,11,13H2,(H,22,24). The number of halogens is 1. The summed E-state index contributed by atoms with van der Waals surface area (Å²) in [7, 11) is 0. The van der Waals surface area contributed by atoms with Crippen LogP contribution in [-0.2, 0) is 17.8 Å². The summed E-state index contributed by atoms with van der Waals surface area (Å²) in [6, 6.07) is 18.0. The lowest BCUT2D eigenvalue weighted by atomic mass is 10.1. The number of carbonyl (C=O) groups is 1. The largest absolute Gasteiger partial charge is 0.508 e. The van der Waals surface area contributed by atoms with E-state index in [1.54, 1.807) is 18.2 Å². The fourth-order valence-corrected chi connectivity index (χ4v) is 2.75. The molecule has 0 atom stereocenters. The van der Waals surface area contributed by atoms with Gasteiger partial charge in [0.25, 0.3) is 0 Å². The molecule has 3 rings (SSSR count). The second-order valence-electron chi connectivity index (χ2n) is 5.69. The predicted octanol–water partition coefficient (Wildman–Crippen LogP) is 4.55. The monoisotopic (exact) mass is 355 g/mol. The molecule has 0 fully saturated rings. The van der Waals surface area contributed by atoms with Gasteiger partial charge in [-0.3, -0.25) is 4.79 Å². The number of aryl methyl sites for hydroxylation is 1. The molecule has 0 unspecified atom stereocenters. The Morgan fingerprint density at radius 1 is 1.08 bits per heavy atom. The third-order valence-electron chi connectivity index (χ3n) is 3.81. The molecule has 0 spiro atoms. The van der Waals surface area contributed by atoms with Crippen molar-refractivity contribution in [1.82, 2.24) is 5.32 Å². The van der Waals surface area contributed by atoms with Crippen LogP contribution in [0.3, 0.4) is 0 Å². The lowest BCUT2D eigenvalue weighted by molar-refractivity contribution is -0.121. The smallest absolute Gasteiger partial charge is 0.220 e. The first-order valence-corrected chi connectivity index (χ1v) is 8.38. The summed E-state index contributed by atoms with van der Waals surface area (Å²) in [6.45, 7) is 0.323. The zero-order valence-corrected chi connectivity index (χ0v) is 14.3. The number of rotatable bonds is 6. The molecule has 0 bridgehead atoms. The Labute approximate surface area is 151 Å². The van der Waals surface area contributed by atoms with Crippen LogP contribution >= 0.6 is 11.6 Å². The van der Waals surface area contributed by atoms with Crippen LogP contribution < -0.4 is 5.32 Å². The van der Waals surface area contributed by atoms with Crippen molar-refractivity contribution in [3.63, 3.8) is 0 Å². The summed E-state index contributed by atoms with van der Waals surface area (Å²) in [5, 5.41) is 12.9. The van der Waals surface area contributed by atoms with Crippen molar-refractivity contribution in [3.05, 3.63) is 77.0 Å². The van der Waals surface area contributed by atoms with Gasteiger partial charge in [-0.25, -0.2) is 0 Å². The Balaban J connectivity index is 1.52. The van der Waals surface area contributed by atoms with Crippen LogP contribution in [0.2, 0.25) is 5.02 Å². The van der Waals surface area contributed by atoms with Gasteiger partial charge in [-0.1, -0.05) is 35.9 Å². The number of carbonyl (C=O) groups excluding carboxylic acids is 1. The summed E-state index contributed by atoms with van der Waals surface area (Å²) in [6.07, 6.45) is 0.921. The Kier molecular flexibility index (Phi) is 5.41. The highest BCUT2D eigenvalue weighted by Gasteiger charge is 2.09. The van der Waals surface area contributed by atoms with E-state index in [-0.39, 0.29) is 11.7 Å². The fraction of sp³-hybridized carbons (Fsp3) is 0.150. The number of hydrogen-bond donors (Lipinski definition) is 2. The summed E-state index contributed by atoms with van der Waals surface area (Å²) in [5.41, 5.74) is 1.75. The molecule has 2 N–H and O–H groups in total. The van der Waals surface area contributed by atoms with Crippen LogP contribution in [0.15, 0.2) is 65.1 Å². The van der Waals surface area contributed by atoms with Crippen molar-refractivity contribution in [3.8, 4) is 17.1 Å². The zero-order valence-electron chi connectivity index (χ0n) is 13.5. The summed E-state index contributed by atoms with van der Waals surface area (Å²) in [4.78, 5) is 12.0. The first kappa shape index (κ1) is 17.1. The number of phenols is 1. The normalized spacial score (nSPS) is 10.6. The van der Waals surface area contributed by atoms with Crippen LogP contribution in [0.1, 0.15) is 17.7 Å². The highest BCUT2D eigenvalue weighted by atomic mass is 35.5. The Morgan fingerprint density at radius 3 is 2.72 bits per heavy atom. The van der Waals surface area contributed by atoms with Gasteiger partial charge in [0.1, 0.15) is 17.3 Å². The molecule has 0 aliphatic carbocycles. The van der Waals surface area contributed by atoms with Crippen molar-refractivity contribution in [2.45, 2.75) is 19.4 Å². The fourth-order valence-electron chi connectivity index (χ4n) is 2.52. The van der Waals surface area contributed by atoms with E-state index in [0.717, 1.165) is 11.1 Å². The lowest BCUT2D eigenvalue weighted by Crippen LogP contribution is -2.22. The Bertz CT molecular complexity index is 873. The van der Waals surface area contributed by atoms with Crippen molar-refractivity contribution in [2.24, 2.45) is 0 Å². The van der Waals surface area contributed by atoms with Gasteiger partial charge < -0.3 is 14.8 Å². The minimum atomic E-state index is -0.0703. The van der Waals surface area contributed by atoms with Crippen LogP contribution in [0.25, 0.3) is 11.3 Å². The molecule has 2 aromatic carbocycles. The van der Waals surface area contributed by atoms with Crippen molar-refractivity contribution in [1.29, 1.82) is 0 Å². The van der Waals surface area contributed by atoms with Gasteiger partial charge in [-0.05, 0) is 48.4 Å². The van der Waals surface area contributed by atoms with E-state index in [1.807, 2.05) is 42.5 Å². The quantitative estimate of drug-likeness (QED) is 0.681. The average molecular weight is 356 g/mol. The van der Waals surface area contributed by atoms with E-state index in [9.17, 15) is 9.90 Å². The van der Waals surface area contributed by atoms with Crippen LogP contribution in [0.4, 0.5) is 0 Å². The Morgan fingerprint density at radius 2 is 1.92 bits per heavy atom. The molecule has 1 aromatic heterocycles. The van der Waals surface area contributed by atoms with E-state index in [2.05, 4.69) is 5.32 Å². The molecule has 4 nitrogen and oxygen atoms in total. The van der Waals surface area contributed by atoms with Crippen molar-refractivity contribution < 1.29 is 14.3 Å². The second kappa shape index (κ2) is 7.90. The van der Waals surface area contributed by atoms with E-state index >= 15 is 0 Å². The van der Waals surface area contributed by atoms with E-state index in [4.69, 9.17) is 16.0 Å². The van der Waals surface area contributed by atoms with Crippen molar-refractivity contribution >= 4 is 17.5 Å². The van der Waals surface area contributed by atoms with Gasteiger partial charge in [-0.2, -0.15) is 0 Å².